The first-order valence-corrected chi connectivity index (χ1v) is 7.59. The molecule has 0 saturated heterocycles. The van der Waals surface area contributed by atoms with Crippen molar-refractivity contribution < 1.29 is 4.79 Å². The van der Waals surface area contributed by atoms with Gasteiger partial charge in [0.25, 0.3) is 0 Å². The van der Waals surface area contributed by atoms with E-state index in [1.807, 2.05) is 22.9 Å². The van der Waals surface area contributed by atoms with Gasteiger partial charge in [0.05, 0.1) is 6.33 Å². The number of benzene rings is 1. The number of halogens is 2. The molecule has 0 spiro atoms. The number of amides is 1. The number of rotatable bonds is 5. The minimum absolute atomic E-state index is 0.0199. The standard InChI is InChI=1S/C15H15Cl2N3O/c16-10-1-2-11(14(17)7-10)12-8-13(12)15(21)19-4-6-20-5-3-18-9-20/h1-3,5,7,9,12-13H,4,6,8H2,(H,19,21)/t12-,13-/m1/s1. The van der Waals surface area contributed by atoms with E-state index in [9.17, 15) is 4.79 Å². The number of aromatic nitrogens is 2. The van der Waals surface area contributed by atoms with Crippen molar-refractivity contribution in [1.29, 1.82) is 0 Å². The van der Waals surface area contributed by atoms with Crippen LogP contribution < -0.4 is 5.32 Å². The Bertz CT molecular complexity index is 642. The van der Waals surface area contributed by atoms with Crippen molar-refractivity contribution in [3.8, 4) is 0 Å². The molecule has 1 fully saturated rings. The minimum Gasteiger partial charge on any atom is -0.354 e. The van der Waals surface area contributed by atoms with Gasteiger partial charge in [-0.05, 0) is 30.0 Å². The zero-order valence-corrected chi connectivity index (χ0v) is 12.8. The summed E-state index contributed by atoms with van der Waals surface area (Å²) >= 11 is 12.1. The van der Waals surface area contributed by atoms with Crippen LogP contribution in [0.15, 0.2) is 36.9 Å². The molecule has 1 saturated carbocycles. The van der Waals surface area contributed by atoms with Crippen LogP contribution in [0.4, 0.5) is 0 Å². The van der Waals surface area contributed by atoms with Crippen LogP contribution in [0.5, 0.6) is 0 Å². The smallest absolute Gasteiger partial charge is 0.223 e. The molecule has 1 aromatic heterocycles. The van der Waals surface area contributed by atoms with Crippen LogP contribution in [0.25, 0.3) is 0 Å². The molecule has 0 bridgehead atoms. The molecule has 1 aromatic carbocycles. The maximum Gasteiger partial charge on any atom is 0.223 e. The third kappa shape index (κ3) is 3.39. The number of carbonyl (C=O) groups is 1. The molecule has 3 rings (SSSR count). The number of nitrogens with zero attached hydrogens (tertiary/aromatic N) is 2. The lowest BCUT2D eigenvalue weighted by atomic mass is 10.1. The Kier molecular flexibility index (Phi) is 4.17. The Morgan fingerprint density at radius 2 is 2.29 bits per heavy atom. The average molecular weight is 324 g/mol. The van der Waals surface area contributed by atoms with Crippen molar-refractivity contribution in [2.24, 2.45) is 5.92 Å². The molecule has 1 aliphatic rings. The summed E-state index contributed by atoms with van der Waals surface area (Å²) in [5, 5.41) is 4.21. The molecule has 2 atom stereocenters. The zero-order valence-electron chi connectivity index (χ0n) is 11.3. The van der Waals surface area contributed by atoms with Crippen LogP contribution in [0.3, 0.4) is 0 Å². The van der Waals surface area contributed by atoms with E-state index >= 15 is 0 Å². The fourth-order valence-electron chi connectivity index (χ4n) is 2.49. The predicted octanol–water partition coefficient (Wildman–Crippen LogP) is 3.11. The van der Waals surface area contributed by atoms with E-state index in [0.717, 1.165) is 18.5 Å². The molecule has 6 heteroatoms. The summed E-state index contributed by atoms with van der Waals surface area (Å²) in [6.45, 7) is 1.33. The molecular formula is C15H15Cl2N3O. The van der Waals surface area contributed by atoms with Crippen molar-refractivity contribution >= 4 is 29.1 Å². The molecule has 1 heterocycles. The van der Waals surface area contributed by atoms with Gasteiger partial charge in [0.1, 0.15) is 0 Å². The van der Waals surface area contributed by atoms with Gasteiger partial charge in [0, 0.05) is 41.4 Å². The Morgan fingerprint density at radius 1 is 1.43 bits per heavy atom. The van der Waals surface area contributed by atoms with Gasteiger partial charge in [0.15, 0.2) is 0 Å². The highest BCUT2D eigenvalue weighted by molar-refractivity contribution is 6.35. The number of hydrogen-bond acceptors (Lipinski definition) is 2. The fraction of sp³-hybridized carbons (Fsp3) is 0.333. The molecule has 0 unspecified atom stereocenters. The molecule has 4 nitrogen and oxygen atoms in total. The lowest BCUT2D eigenvalue weighted by Gasteiger charge is -2.07. The van der Waals surface area contributed by atoms with Gasteiger partial charge in [-0.3, -0.25) is 4.79 Å². The largest absolute Gasteiger partial charge is 0.354 e. The zero-order chi connectivity index (χ0) is 14.8. The van der Waals surface area contributed by atoms with Crippen molar-refractivity contribution in [1.82, 2.24) is 14.9 Å². The second-order valence-corrected chi connectivity index (χ2v) is 6.05. The number of imidazole rings is 1. The summed E-state index contributed by atoms with van der Waals surface area (Å²) in [4.78, 5) is 16.1. The highest BCUT2D eigenvalue weighted by Crippen LogP contribution is 2.49. The summed E-state index contributed by atoms with van der Waals surface area (Å²) in [6.07, 6.45) is 6.18. The van der Waals surface area contributed by atoms with Gasteiger partial charge in [-0.25, -0.2) is 4.98 Å². The van der Waals surface area contributed by atoms with E-state index < -0.39 is 0 Å². The van der Waals surface area contributed by atoms with Gasteiger partial charge in [-0.2, -0.15) is 0 Å². The van der Waals surface area contributed by atoms with Crippen LogP contribution in [0.1, 0.15) is 17.9 Å². The van der Waals surface area contributed by atoms with Gasteiger partial charge < -0.3 is 9.88 Å². The highest BCUT2D eigenvalue weighted by Gasteiger charge is 2.44. The summed E-state index contributed by atoms with van der Waals surface area (Å²) in [5.41, 5.74) is 1.01. The SMILES string of the molecule is O=C(NCCn1ccnc1)[C@@H]1C[C@@H]1c1ccc(Cl)cc1Cl. The van der Waals surface area contributed by atoms with Crippen LogP contribution in [0, 0.1) is 5.92 Å². The third-order valence-electron chi connectivity index (χ3n) is 3.72. The topological polar surface area (TPSA) is 46.9 Å². The molecule has 0 radical (unpaired) electrons. The number of nitrogens with one attached hydrogen (secondary N) is 1. The van der Waals surface area contributed by atoms with Crippen molar-refractivity contribution in [3.63, 3.8) is 0 Å². The third-order valence-corrected chi connectivity index (χ3v) is 4.28. The first-order chi connectivity index (χ1) is 10.1. The van der Waals surface area contributed by atoms with E-state index in [1.165, 1.54) is 0 Å². The molecule has 1 amide bonds. The van der Waals surface area contributed by atoms with Crippen LogP contribution >= 0.6 is 23.2 Å². The van der Waals surface area contributed by atoms with E-state index in [2.05, 4.69) is 10.3 Å². The van der Waals surface area contributed by atoms with Crippen LogP contribution in [0.2, 0.25) is 10.0 Å². The van der Waals surface area contributed by atoms with Gasteiger partial charge in [0.2, 0.25) is 5.91 Å². The lowest BCUT2D eigenvalue weighted by Crippen LogP contribution is -2.28. The first kappa shape index (κ1) is 14.4. The molecule has 110 valence electrons. The maximum absolute atomic E-state index is 12.1. The Balaban J connectivity index is 1.51. The summed E-state index contributed by atoms with van der Waals surface area (Å²) < 4.78 is 1.93. The minimum atomic E-state index is 0.0199. The van der Waals surface area contributed by atoms with E-state index in [-0.39, 0.29) is 17.7 Å². The van der Waals surface area contributed by atoms with Crippen LogP contribution in [-0.4, -0.2) is 22.0 Å². The second kappa shape index (κ2) is 6.08. The lowest BCUT2D eigenvalue weighted by molar-refractivity contribution is -0.122. The van der Waals surface area contributed by atoms with Gasteiger partial charge in [-0.1, -0.05) is 29.3 Å². The molecule has 2 aromatic rings. The Hall–Kier alpha value is -1.52. The molecule has 21 heavy (non-hydrogen) atoms. The first-order valence-electron chi connectivity index (χ1n) is 6.83. The molecule has 0 aliphatic heterocycles. The summed E-state index contributed by atoms with van der Waals surface area (Å²) in [7, 11) is 0. The van der Waals surface area contributed by atoms with Gasteiger partial charge in [-0.15, -0.1) is 0 Å². The van der Waals surface area contributed by atoms with Crippen molar-refractivity contribution in [2.45, 2.75) is 18.9 Å². The maximum atomic E-state index is 12.1. The van der Waals surface area contributed by atoms with Crippen molar-refractivity contribution in [3.05, 3.63) is 52.5 Å². The quantitative estimate of drug-likeness (QED) is 0.919. The Morgan fingerprint density at radius 3 is 3.00 bits per heavy atom. The van der Waals surface area contributed by atoms with E-state index in [4.69, 9.17) is 23.2 Å². The highest BCUT2D eigenvalue weighted by atomic mass is 35.5. The molecular weight excluding hydrogens is 309 g/mol. The van der Waals surface area contributed by atoms with Crippen LogP contribution in [-0.2, 0) is 11.3 Å². The number of carbonyl (C=O) groups excluding carboxylic acids is 1. The summed E-state index contributed by atoms with van der Waals surface area (Å²) in [6, 6.07) is 5.45. The summed E-state index contributed by atoms with van der Waals surface area (Å²) in [5.74, 6) is 0.320. The Labute approximate surface area is 133 Å². The normalized spacial score (nSPS) is 20.3. The van der Waals surface area contributed by atoms with Crippen molar-refractivity contribution in [2.75, 3.05) is 6.54 Å². The van der Waals surface area contributed by atoms with E-state index in [1.54, 1.807) is 18.6 Å². The van der Waals surface area contributed by atoms with Gasteiger partial charge >= 0.3 is 0 Å². The average Bonchev–Trinajstić information content (AvgIpc) is 3.06. The number of hydrogen-bond donors (Lipinski definition) is 1. The van der Waals surface area contributed by atoms with E-state index in [0.29, 0.717) is 16.6 Å². The predicted molar refractivity (Wildman–Crippen MR) is 82.5 cm³/mol. The monoisotopic (exact) mass is 323 g/mol. The molecule has 1 N–H and O–H groups in total. The fourth-order valence-corrected chi connectivity index (χ4v) is 3.04. The second-order valence-electron chi connectivity index (χ2n) is 5.21. The molecule has 1 aliphatic carbocycles.